The van der Waals surface area contributed by atoms with Gasteiger partial charge in [0.15, 0.2) is 18.0 Å². The fourth-order valence-electron chi connectivity index (χ4n) is 3.72. The molecule has 0 saturated carbocycles. The predicted molar refractivity (Wildman–Crippen MR) is 106 cm³/mol. The third kappa shape index (κ3) is 3.80. The number of hydrogen-bond donors (Lipinski definition) is 0. The summed E-state index contributed by atoms with van der Waals surface area (Å²) in [5, 5.41) is 4.73. The molecule has 0 N–H and O–H groups in total. The fraction of sp³-hybridized carbons (Fsp3) is 0.381. The van der Waals surface area contributed by atoms with Crippen LogP contribution in [0.3, 0.4) is 0 Å². The van der Waals surface area contributed by atoms with Crippen LogP contribution in [0, 0.1) is 5.82 Å². The van der Waals surface area contributed by atoms with Crippen LogP contribution in [-0.2, 0) is 24.2 Å². The molecule has 0 unspecified atom stereocenters. The quantitative estimate of drug-likeness (QED) is 0.553. The first-order chi connectivity index (χ1) is 14.6. The fourth-order valence-corrected chi connectivity index (χ4v) is 3.72. The first-order valence-electron chi connectivity index (χ1n) is 9.71. The Labute approximate surface area is 173 Å². The lowest BCUT2D eigenvalue weighted by atomic mass is 10.0. The molecule has 1 aliphatic heterocycles. The van der Waals surface area contributed by atoms with Gasteiger partial charge in [-0.05, 0) is 24.6 Å². The number of benzene rings is 1. The molecule has 1 aromatic carbocycles. The van der Waals surface area contributed by atoms with Crippen LogP contribution in [0.15, 0.2) is 35.3 Å². The number of rotatable bonds is 7. The van der Waals surface area contributed by atoms with Crippen molar-refractivity contribution in [3.05, 3.63) is 53.5 Å². The molecule has 9 heteroatoms. The van der Waals surface area contributed by atoms with Crippen molar-refractivity contribution in [3.63, 3.8) is 0 Å². The SMILES string of the molecule is COCCCn1nc(-c2cocn2)c2c1CCN(C(=O)c1ccc(OC)c(F)c1)C2. The molecule has 30 heavy (non-hydrogen) atoms. The first-order valence-corrected chi connectivity index (χ1v) is 9.71. The highest BCUT2D eigenvalue weighted by molar-refractivity contribution is 5.94. The zero-order chi connectivity index (χ0) is 21.1. The molecule has 0 saturated heterocycles. The smallest absolute Gasteiger partial charge is 0.254 e. The summed E-state index contributed by atoms with van der Waals surface area (Å²) >= 11 is 0. The number of nitrogens with zero attached hydrogens (tertiary/aromatic N) is 4. The number of hydrogen-bond acceptors (Lipinski definition) is 6. The maximum atomic E-state index is 14.1. The van der Waals surface area contributed by atoms with E-state index in [1.807, 2.05) is 4.68 Å². The van der Waals surface area contributed by atoms with Crippen molar-refractivity contribution in [1.82, 2.24) is 19.7 Å². The molecule has 8 nitrogen and oxygen atoms in total. The minimum absolute atomic E-state index is 0.109. The summed E-state index contributed by atoms with van der Waals surface area (Å²) in [6, 6.07) is 4.25. The Balaban J connectivity index is 1.62. The van der Waals surface area contributed by atoms with Crippen LogP contribution in [0.25, 0.3) is 11.4 Å². The minimum Gasteiger partial charge on any atom is -0.494 e. The summed E-state index contributed by atoms with van der Waals surface area (Å²) in [5.41, 5.74) is 3.63. The molecule has 1 amide bonds. The lowest BCUT2D eigenvalue weighted by Crippen LogP contribution is -2.36. The highest BCUT2D eigenvalue weighted by Gasteiger charge is 2.29. The van der Waals surface area contributed by atoms with Gasteiger partial charge in [0.25, 0.3) is 5.91 Å². The molecule has 4 rings (SSSR count). The van der Waals surface area contributed by atoms with Gasteiger partial charge in [0.2, 0.25) is 0 Å². The minimum atomic E-state index is -0.560. The van der Waals surface area contributed by atoms with E-state index in [1.54, 1.807) is 24.3 Å². The molecule has 0 radical (unpaired) electrons. The van der Waals surface area contributed by atoms with Gasteiger partial charge in [-0.25, -0.2) is 9.37 Å². The average Bonchev–Trinajstić information content (AvgIpc) is 3.41. The summed E-state index contributed by atoms with van der Waals surface area (Å²) < 4.78 is 31.3. The van der Waals surface area contributed by atoms with E-state index in [0.29, 0.717) is 44.0 Å². The molecule has 1 aliphatic rings. The highest BCUT2D eigenvalue weighted by atomic mass is 19.1. The molecule has 2 aromatic heterocycles. The van der Waals surface area contributed by atoms with Crippen molar-refractivity contribution >= 4 is 5.91 Å². The third-order valence-electron chi connectivity index (χ3n) is 5.21. The van der Waals surface area contributed by atoms with E-state index < -0.39 is 5.82 Å². The lowest BCUT2D eigenvalue weighted by Gasteiger charge is -2.28. The van der Waals surface area contributed by atoms with Crippen LogP contribution in [0.2, 0.25) is 0 Å². The Bertz CT molecular complexity index is 1030. The highest BCUT2D eigenvalue weighted by Crippen LogP contribution is 2.30. The van der Waals surface area contributed by atoms with Gasteiger partial charge in [0.05, 0.1) is 13.7 Å². The first kappa shape index (κ1) is 20.1. The van der Waals surface area contributed by atoms with Crippen molar-refractivity contribution in [1.29, 1.82) is 0 Å². The van der Waals surface area contributed by atoms with Gasteiger partial charge >= 0.3 is 0 Å². The molecule has 0 fully saturated rings. The third-order valence-corrected chi connectivity index (χ3v) is 5.21. The molecule has 158 valence electrons. The molecule has 0 bridgehead atoms. The number of amides is 1. The van der Waals surface area contributed by atoms with Crippen molar-refractivity contribution in [2.24, 2.45) is 0 Å². The number of aromatic nitrogens is 3. The number of fused-ring (bicyclic) bond motifs is 1. The van der Waals surface area contributed by atoms with Crippen LogP contribution in [-0.4, -0.2) is 52.9 Å². The maximum absolute atomic E-state index is 14.1. The Hall–Kier alpha value is -3.20. The molecule has 3 heterocycles. The summed E-state index contributed by atoms with van der Waals surface area (Å²) in [6.45, 7) is 2.25. The Morgan fingerprint density at radius 3 is 2.90 bits per heavy atom. The van der Waals surface area contributed by atoms with Gasteiger partial charge in [-0.3, -0.25) is 9.48 Å². The van der Waals surface area contributed by atoms with Crippen molar-refractivity contribution < 1.29 is 23.1 Å². The topological polar surface area (TPSA) is 82.6 Å². The predicted octanol–water partition coefficient (Wildman–Crippen LogP) is 2.92. The zero-order valence-electron chi connectivity index (χ0n) is 16.9. The molecule has 0 aliphatic carbocycles. The Morgan fingerprint density at radius 2 is 2.20 bits per heavy atom. The zero-order valence-corrected chi connectivity index (χ0v) is 16.9. The maximum Gasteiger partial charge on any atom is 0.254 e. The monoisotopic (exact) mass is 414 g/mol. The van der Waals surface area contributed by atoms with Gasteiger partial charge in [0, 0.05) is 50.0 Å². The van der Waals surface area contributed by atoms with Crippen LogP contribution in [0.4, 0.5) is 4.39 Å². The summed E-state index contributed by atoms with van der Waals surface area (Å²) in [4.78, 5) is 18.9. The average molecular weight is 414 g/mol. The van der Waals surface area contributed by atoms with E-state index in [9.17, 15) is 9.18 Å². The number of ether oxygens (including phenoxy) is 2. The van der Waals surface area contributed by atoms with Crippen molar-refractivity contribution in [3.8, 4) is 17.1 Å². The van der Waals surface area contributed by atoms with Gasteiger partial charge in [-0.1, -0.05) is 0 Å². The summed E-state index contributed by atoms with van der Waals surface area (Å²) in [6.07, 6.45) is 4.38. The van der Waals surface area contributed by atoms with E-state index in [-0.39, 0.29) is 17.2 Å². The van der Waals surface area contributed by atoms with Gasteiger partial charge in [-0.15, -0.1) is 0 Å². The number of carbonyl (C=O) groups is 1. The normalized spacial score (nSPS) is 13.4. The van der Waals surface area contributed by atoms with E-state index in [1.165, 1.54) is 25.6 Å². The second-order valence-electron chi connectivity index (χ2n) is 7.04. The molecule has 0 spiro atoms. The molecular formula is C21H23FN4O4. The standard InChI is InChI=1S/C21H23FN4O4/c1-28-9-3-7-26-18-6-8-25(11-15(18)20(24-26)17-12-30-13-23-17)21(27)14-4-5-19(29-2)16(22)10-14/h4-5,10,12-13H,3,6-9,11H2,1-2H3. The summed E-state index contributed by atoms with van der Waals surface area (Å²) in [7, 11) is 3.06. The van der Waals surface area contributed by atoms with Crippen molar-refractivity contribution in [2.75, 3.05) is 27.4 Å². The van der Waals surface area contributed by atoms with Gasteiger partial charge in [0.1, 0.15) is 17.7 Å². The Morgan fingerprint density at radius 1 is 1.33 bits per heavy atom. The number of methoxy groups -OCH3 is 2. The largest absolute Gasteiger partial charge is 0.494 e. The Kier molecular flexibility index (Phi) is 5.80. The van der Waals surface area contributed by atoms with E-state index in [0.717, 1.165) is 17.7 Å². The van der Waals surface area contributed by atoms with E-state index in [4.69, 9.17) is 19.0 Å². The number of oxazole rings is 1. The van der Waals surface area contributed by atoms with Crippen LogP contribution in [0.1, 0.15) is 28.0 Å². The number of carbonyl (C=O) groups excluding carboxylic acids is 1. The molecule has 3 aromatic rings. The lowest BCUT2D eigenvalue weighted by molar-refractivity contribution is 0.0732. The van der Waals surface area contributed by atoms with Crippen LogP contribution < -0.4 is 4.74 Å². The number of halogens is 1. The summed E-state index contributed by atoms with van der Waals surface area (Å²) in [5.74, 6) is -0.686. The second-order valence-corrected chi connectivity index (χ2v) is 7.04. The van der Waals surface area contributed by atoms with Crippen LogP contribution in [0.5, 0.6) is 5.75 Å². The van der Waals surface area contributed by atoms with Gasteiger partial charge in [-0.2, -0.15) is 5.10 Å². The molecular weight excluding hydrogens is 391 g/mol. The molecule has 0 atom stereocenters. The van der Waals surface area contributed by atoms with Crippen molar-refractivity contribution in [2.45, 2.75) is 25.9 Å². The van der Waals surface area contributed by atoms with Crippen LogP contribution >= 0.6 is 0 Å². The van der Waals surface area contributed by atoms with Gasteiger partial charge < -0.3 is 18.8 Å². The second kappa shape index (κ2) is 8.66. The number of aryl methyl sites for hydroxylation is 1. The van der Waals surface area contributed by atoms with E-state index >= 15 is 0 Å². The van der Waals surface area contributed by atoms with E-state index in [2.05, 4.69) is 4.98 Å².